The molecule has 0 aromatic carbocycles. The number of aromatic nitrogens is 5. The molecule has 0 saturated heterocycles. The number of rotatable bonds is 3. The van der Waals surface area contributed by atoms with E-state index in [9.17, 15) is 4.79 Å². The third-order valence-electron chi connectivity index (χ3n) is 2.33. The molecule has 0 unspecified atom stereocenters. The Hall–Kier alpha value is -1.70. The van der Waals surface area contributed by atoms with Gasteiger partial charge < -0.3 is 9.88 Å². The second-order valence-corrected chi connectivity index (χ2v) is 4.94. The van der Waals surface area contributed by atoms with Crippen LogP contribution < -0.4 is 10.9 Å². The van der Waals surface area contributed by atoms with E-state index in [1.54, 1.807) is 24.1 Å². The van der Waals surface area contributed by atoms with Crippen LogP contribution in [0, 0.1) is 0 Å². The van der Waals surface area contributed by atoms with E-state index >= 15 is 0 Å². The Morgan fingerprint density at radius 1 is 1.39 bits per heavy atom. The summed E-state index contributed by atoms with van der Waals surface area (Å²) in [5, 5.41) is 10.7. The van der Waals surface area contributed by atoms with Crippen molar-refractivity contribution in [1.29, 1.82) is 0 Å². The molecule has 96 valence electrons. The van der Waals surface area contributed by atoms with Gasteiger partial charge in [0.25, 0.3) is 5.56 Å². The molecule has 0 aliphatic rings. The molecule has 0 spiro atoms. The summed E-state index contributed by atoms with van der Waals surface area (Å²) in [4.78, 5) is 15.9. The smallest absolute Gasteiger partial charge is 0.293 e. The van der Waals surface area contributed by atoms with Gasteiger partial charge in [0, 0.05) is 19.3 Å². The van der Waals surface area contributed by atoms with Gasteiger partial charge >= 0.3 is 0 Å². The van der Waals surface area contributed by atoms with Gasteiger partial charge in [0.05, 0.1) is 6.20 Å². The first-order valence-corrected chi connectivity index (χ1v) is 6.18. The summed E-state index contributed by atoms with van der Waals surface area (Å²) < 4.78 is 3.71. The molecule has 2 rings (SSSR count). The summed E-state index contributed by atoms with van der Waals surface area (Å²) in [6.45, 7) is 3.99. The average Bonchev–Trinajstić information content (AvgIpc) is 2.74. The molecule has 0 amide bonds. The highest BCUT2D eigenvalue weighted by Crippen LogP contribution is 2.12. The zero-order valence-electron chi connectivity index (χ0n) is 10.3. The van der Waals surface area contributed by atoms with Crippen molar-refractivity contribution in [2.75, 3.05) is 5.32 Å². The van der Waals surface area contributed by atoms with E-state index in [1.165, 1.54) is 4.57 Å². The molecule has 2 heterocycles. The summed E-state index contributed by atoms with van der Waals surface area (Å²) in [7, 11) is 1.66. The van der Waals surface area contributed by atoms with Crippen molar-refractivity contribution in [3.63, 3.8) is 0 Å². The molecule has 18 heavy (non-hydrogen) atoms. The molecule has 7 nitrogen and oxygen atoms in total. The molecule has 0 bridgehead atoms. The van der Waals surface area contributed by atoms with Crippen LogP contribution in [0.3, 0.4) is 0 Å². The summed E-state index contributed by atoms with van der Waals surface area (Å²) in [5.74, 6) is 0.703. The van der Waals surface area contributed by atoms with Crippen molar-refractivity contribution in [3.8, 4) is 0 Å². The van der Waals surface area contributed by atoms with Gasteiger partial charge in [-0.25, -0.2) is 9.67 Å². The van der Waals surface area contributed by atoms with Gasteiger partial charge in [-0.3, -0.25) is 4.79 Å². The minimum atomic E-state index is -0.225. The molecular weight excluding hydrogens is 300 g/mol. The lowest BCUT2D eigenvalue weighted by Crippen LogP contribution is -2.21. The van der Waals surface area contributed by atoms with E-state index in [2.05, 4.69) is 36.5 Å². The highest BCUT2D eigenvalue weighted by molar-refractivity contribution is 9.10. The fourth-order valence-corrected chi connectivity index (χ4v) is 1.84. The van der Waals surface area contributed by atoms with Crippen LogP contribution in [0.4, 0.5) is 11.6 Å². The molecule has 2 aromatic heterocycles. The van der Waals surface area contributed by atoms with Crippen LogP contribution in [-0.4, -0.2) is 24.5 Å². The summed E-state index contributed by atoms with van der Waals surface area (Å²) in [6, 6.07) is 0.214. The molecule has 2 aromatic rings. The van der Waals surface area contributed by atoms with Crippen LogP contribution in [-0.2, 0) is 7.05 Å². The molecule has 0 aliphatic carbocycles. The quantitative estimate of drug-likeness (QED) is 0.928. The summed E-state index contributed by atoms with van der Waals surface area (Å²) in [6.07, 6.45) is 3.32. The molecule has 0 radical (unpaired) electrons. The Bertz CT molecular complexity index is 617. The Morgan fingerprint density at radius 2 is 2.11 bits per heavy atom. The van der Waals surface area contributed by atoms with E-state index in [1.807, 2.05) is 13.8 Å². The highest BCUT2D eigenvalue weighted by atomic mass is 79.9. The van der Waals surface area contributed by atoms with Crippen LogP contribution >= 0.6 is 15.9 Å². The largest absolute Gasteiger partial charge is 0.317 e. The lowest BCUT2D eigenvalue weighted by Gasteiger charge is -2.04. The van der Waals surface area contributed by atoms with E-state index < -0.39 is 0 Å². The first kappa shape index (κ1) is 12.7. The zero-order chi connectivity index (χ0) is 13.3. The van der Waals surface area contributed by atoms with Crippen molar-refractivity contribution in [2.45, 2.75) is 19.9 Å². The number of hydrogen-bond acceptors (Lipinski definition) is 5. The number of nitrogens with one attached hydrogen (secondary N) is 1. The van der Waals surface area contributed by atoms with Crippen LogP contribution in [0.1, 0.15) is 19.9 Å². The topological polar surface area (TPSA) is 77.6 Å². The fraction of sp³-hybridized carbons (Fsp3) is 0.400. The van der Waals surface area contributed by atoms with Gasteiger partial charge in [-0.15, -0.1) is 5.10 Å². The van der Waals surface area contributed by atoms with E-state index in [0.29, 0.717) is 10.4 Å². The zero-order valence-corrected chi connectivity index (χ0v) is 11.8. The minimum absolute atomic E-state index is 0.211. The maximum atomic E-state index is 11.8. The molecule has 0 aliphatic heterocycles. The number of aryl methyl sites for hydroxylation is 1. The molecule has 8 heteroatoms. The maximum Gasteiger partial charge on any atom is 0.293 e. The van der Waals surface area contributed by atoms with Crippen molar-refractivity contribution < 1.29 is 0 Å². The van der Waals surface area contributed by atoms with Crippen molar-refractivity contribution in [1.82, 2.24) is 24.5 Å². The van der Waals surface area contributed by atoms with Crippen molar-refractivity contribution in [2.24, 2.45) is 7.05 Å². The van der Waals surface area contributed by atoms with Gasteiger partial charge in [-0.1, -0.05) is 5.21 Å². The summed E-state index contributed by atoms with van der Waals surface area (Å²) >= 11 is 3.24. The van der Waals surface area contributed by atoms with Crippen LogP contribution in [0.25, 0.3) is 0 Å². The predicted octanol–water partition coefficient (Wildman–Crippen LogP) is 1.46. The second-order valence-electron chi connectivity index (χ2n) is 4.13. The second kappa shape index (κ2) is 4.89. The highest BCUT2D eigenvalue weighted by Gasteiger charge is 2.09. The van der Waals surface area contributed by atoms with Crippen LogP contribution in [0.2, 0.25) is 0 Å². The molecule has 0 fully saturated rings. The fourth-order valence-electron chi connectivity index (χ4n) is 1.36. The standard InChI is InChI=1S/C10H13BrN6O/c1-6(2)17-5-8(14-15-17)13-9-10(18)16(3)4-7(11)12-9/h4-6H,1-3H3,(H,12,13). The SMILES string of the molecule is CC(C)n1cc(Nc2nc(Br)cn(C)c2=O)nn1. The minimum Gasteiger partial charge on any atom is -0.317 e. The van der Waals surface area contributed by atoms with E-state index in [-0.39, 0.29) is 17.4 Å². The van der Waals surface area contributed by atoms with Crippen molar-refractivity contribution >= 4 is 27.6 Å². The number of nitrogens with zero attached hydrogens (tertiary/aromatic N) is 5. The monoisotopic (exact) mass is 312 g/mol. The predicted molar refractivity (Wildman–Crippen MR) is 70.9 cm³/mol. The maximum absolute atomic E-state index is 11.8. The molecule has 0 saturated carbocycles. The normalized spacial score (nSPS) is 10.9. The first-order chi connectivity index (χ1) is 8.47. The molecular formula is C10H13BrN6O. The third-order valence-corrected chi connectivity index (χ3v) is 2.71. The Labute approximate surface area is 112 Å². The van der Waals surface area contributed by atoms with Gasteiger partial charge in [-0.2, -0.15) is 0 Å². The van der Waals surface area contributed by atoms with Gasteiger partial charge in [-0.05, 0) is 29.8 Å². The number of anilines is 2. The van der Waals surface area contributed by atoms with E-state index in [4.69, 9.17) is 0 Å². The van der Waals surface area contributed by atoms with Gasteiger partial charge in [0.1, 0.15) is 4.60 Å². The molecule has 0 atom stereocenters. The number of halogens is 1. The Kier molecular flexibility index (Phi) is 3.46. The van der Waals surface area contributed by atoms with Gasteiger partial charge in [0.15, 0.2) is 11.6 Å². The first-order valence-electron chi connectivity index (χ1n) is 5.39. The molecule has 1 N–H and O–H groups in total. The lowest BCUT2D eigenvalue weighted by molar-refractivity contribution is 0.514. The number of hydrogen-bond donors (Lipinski definition) is 1. The Balaban J connectivity index is 2.31. The van der Waals surface area contributed by atoms with Gasteiger partial charge in [0.2, 0.25) is 0 Å². The lowest BCUT2D eigenvalue weighted by atomic mass is 10.4. The van der Waals surface area contributed by atoms with Crippen LogP contribution in [0.15, 0.2) is 21.8 Å². The Morgan fingerprint density at radius 3 is 2.72 bits per heavy atom. The van der Waals surface area contributed by atoms with E-state index in [0.717, 1.165) is 0 Å². The van der Waals surface area contributed by atoms with Crippen LogP contribution in [0.5, 0.6) is 0 Å². The third kappa shape index (κ3) is 2.58. The van der Waals surface area contributed by atoms with Crippen molar-refractivity contribution in [3.05, 3.63) is 27.4 Å². The summed E-state index contributed by atoms with van der Waals surface area (Å²) in [5.41, 5.74) is -0.225. The average molecular weight is 313 g/mol.